The van der Waals surface area contributed by atoms with Gasteiger partial charge in [0.2, 0.25) is 5.91 Å². The first kappa shape index (κ1) is 12.2. The van der Waals surface area contributed by atoms with Crippen molar-refractivity contribution in [1.82, 2.24) is 0 Å². The lowest BCUT2D eigenvalue weighted by Crippen LogP contribution is -2.27. The third-order valence-corrected chi connectivity index (χ3v) is 2.74. The van der Waals surface area contributed by atoms with Crippen molar-refractivity contribution in [3.8, 4) is 0 Å². The number of anilines is 1. The fraction of sp³-hybridized carbons (Fsp3) is 0.417. The van der Waals surface area contributed by atoms with E-state index in [-0.39, 0.29) is 11.3 Å². The molecule has 0 bridgehead atoms. The third kappa shape index (κ3) is 3.34. The number of benzene rings is 1. The van der Waals surface area contributed by atoms with E-state index in [2.05, 4.69) is 21.2 Å². The predicted molar refractivity (Wildman–Crippen MR) is 67.0 cm³/mol. The molecular weight excluding hydrogens is 254 g/mol. The number of aryl methyl sites for hydroxylation is 1. The number of halogens is 1. The molecule has 3 heteroatoms. The van der Waals surface area contributed by atoms with E-state index in [9.17, 15) is 4.79 Å². The van der Waals surface area contributed by atoms with Gasteiger partial charge in [-0.2, -0.15) is 0 Å². The number of hydrogen-bond acceptors (Lipinski definition) is 1. The third-order valence-electron chi connectivity index (χ3n) is 2.05. The van der Waals surface area contributed by atoms with E-state index in [1.54, 1.807) is 0 Å². The summed E-state index contributed by atoms with van der Waals surface area (Å²) in [6, 6.07) is 5.89. The van der Waals surface area contributed by atoms with Crippen LogP contribution in [0.4, 0.5) is 5.69 Å². The maximum atomic E-state index is 11.8. The van der Waals surface area contributed by atoms with E-state index in [1.807, 2.05) is 45.9 Å². The Balaban J connectivity index is 2.90. The highest BCUT2D eigenvalue weighted by Crippen LogP contribution is 2.25. The number of amides is 1. The average Bonchev–Trinajstić information content (AvgIpc) is 2.09. The summed E-state index contributed by atoms with van der Waals surface area (Å²) in [4.78, 5) is 11.8. The van der Waals surface area contributed by atoms with Crippen LogP contribution < -0.4 is 5.32 Å². The van der Waals surface area contributed by atoms with Crippen LogP contribution in [0.25, 0.3) is 0 Å². The molecule has 0 saturated carbocycles. The second-order valence-corrected chi connectivity index (χ2v) is 5.54. The molecule has 0 aromatic heterocycles. The zero-order valence-corrected chi connectivity index (χ0v) is 11.1. The predicted octanol–water partition coefficient (Wildman–Crippen LogP) is 3.74. The van der Waals surface area contributed by atoms with Crippen molar-refractivity contribution in [2.24, 2.45) is 5.41 Å². The van der Waals surface area contributed by atoms with Crippen LogP contribution in [-0.4, -0.2) is 5.91 Å². The van der Waals surface area contributed by atoms with Crippen molar-refractivity contribution in [2.45, 2.75) is 27.7 Å². The Morgan fingerprint density at radius 1 is 1.33 bits per heavy atom. The quantitative estimate of drug-likeness (QED) is 0.827. The second-order valence-electron chi connectivity index (χ2n) is 4.69. The molecule has 0 saturated heterocycles. The molecule has 0 heterocycles. The summed E-state index contributed by atoms with van der Waals surface area (Å²) < 4.78 is 0.908. The van der Waals surface area contributed by atoms with E-state index in [4.69, 9.17) is 0 Å². The van der Waals surface area contributed by atoms with Crippen LogP contribution in [0, 0.1) is 12.3 Å². The van der Waals surface area contributed by atoms with Crippen molar-refractivity contribution in [1.29, 1.82) is 0 Å². The Morgan fingerprint density at radius 3 is 2.47 bits per heavy atom. The van der Waals surface area contributed by atoms with Crippen LogP contribution in [-0.2, 0) is 4.79 Å². The molecule has 1 amide bonds. The first-order valence-corrected chi connectivity index (χ1v) is 5.67. The second kappa shape index (κ2) is 4.35. The van der Waals surface area contributed by atoms with Gasteiger partial charge in [0.15, 0.2) is 0 Å². The van der Waals surface area contributed by atoms with Crippen molar-refractivity contribution in [3.05, 3.63) is 28.2 Å². The van der Waals surface area contributed by atoms with Gasteiger partial charge in [-0.3, -0.25) is 4.79 Å². The molecule has 0 radical (unpaired) electrons. The van der Waals surface area contributed by atoms with Gasteiger partial charge >= 0.3 is 0 Å². The van der Waals surface area contributed by atoms with E-state index in [0.29, 0.717) is 0 Å². The monoisotopic (exact) mass is 269 g/mol. The van der Waals surface area contributed by atoms with E-state index in [1.165, 1.54) is 0 Å². The molecule has 1 aromatic rings. The Labute approximate surface area is 99.2 Å². The molecule has 0 unspecified atom stereocenters. The molecule has 0 aliphatic carbocycles. The minimum Gasteiger partial charge on any atom is -0.325 e. The van der Waals surface area contributed by atoms with Crippen molar-refractivity contribution < 1.29 is 4.79 Å². The molecule has 0 spiro atoms. The van der Waals surface area contributed by atoms with Crippen molar-refractivity contribution in [2.75, 3.05) is 5.32 Å². The lowest BCUT2D eigenvalue weighted by Gasteiger charge is -2.18. The highest BCUT2D eigenvalue weighted by molar-refractivity contribution is 9.10. The van der Waals surface area contributed by atoms with Gasteiger partial charge in [0.25, 0.3) is 0 Å². The number of rotatable bonds is 1. The molecule has 1 rings (SSSR count). The van der Waals surface area contributed by atoms with Crippen LogP contribution in [0.2, 0.25) is 0 Å². The van der Waals surface area contributed by atoms with Crippen LogP contribution in [0.1, 0.15) is 26.3 Å². The van der Waals surface area contributed by atoms with Gasteiger partial charge in [-0.05, 0) is 40.5 Å². The van der Waals surface area contributed by atoms with Crippen molar-refractivity contribution in [3.63, 3.8) is 0 Å². The number of carbonyl (C=O) groups excluding carboxylic acids is 1. The topological polar surface area (TPSA) is 29.1 Å². The maximum absolute atomic E-state index is 11.8. The Hall–Kier alpha value is -0.830. The lowest BCUT2D eigenvalue weighted by molar-refractivity contribution is -0.123. The summed E-state index contributed by atoms with van der Waals surface area (Å²) in [6.45, 7) is 7.68. The van der Waals surface area contributed by atoms with Crippen molar-refractivity contribution >= 4 is 27.5 Å². The Kier molecular flexibility index (Phi) is 3.55. The summed E-state index contributed by atoms with van der Waals surface area (Å²) in [5, 5.41) is 2.91. The molecule has 0 fully saturated rings. The number of nitrogens with one attached hydrogen (secondary N) is 1. The molecule has 1 N–H and O–H groups in total. The first-order valence-electron chi connectivity index (χ1n) is 4.88. The highest BCUT2D eigenvalue weighted by Gasteiger charge is 2.21. The standard InChI is InChI=1S/C12H16BrNO/c1-8-5-6-9(13)10(7-8)14-11(15)12(2,3)4/h5-7H,1-4H3,(H,14,15). The largest absolute Gasteiger partial charge is 0.325 e. The Bertz CT molecular complexity index is 380. The zero-order chi connectivity index (χ0) is 11.6. The lowest BCUT2D eigenvalue weighted by atomic mass is 9.95. The van der Waals surface area contributed by atoms with Gasteiger partial charge in [0.05, 0.1) is 5.69 Å². The Morgan fingerprint density at radius 2 is 1.93 bits per heavy atom. The molecule has 15 heavy (non-hydrogen) atoms. The van der Waals surface area contributed by atoms with Gasteiger partial charge in [0, 0.05) is 9.89 Å². The zero-order valence-electron chi connectivity index (χ0n) is 9.52. The fourth-order valence-electron chi connectivity index (χ4n) is 1.04. The number of hydrogen-bond donors (Lipinski definition) is 1. The molecule has 82 valence electrons. The number of carbonyl (C=O) groups is 1. The molecular formula is C12H16BrNO. The summed E-state index contributed by atoms with van der Waals surface area (Å²) in [6.07, 6.45) is 0. The summed E-state index contributed by atoms with van der Waals surface area (Å²) in [7, 11) is 0. The van der Waals surface area contributed by atoms with E-state index < -0.39 is 0 Å². The molecule has 0 aliphatic rings. The highest BCUT2D eigenvalue weighted by atomic mass is 79.9. The molecule has 2 nitrogen and oxygen atoms in total. The fourth-order valence-corrected chi connectivity index (χ4v) is 1.39. The van der Waals surface area contributed by atoms with Gasteiger partial charge in [-0.25, -0.2) is 0 Å². The molecule has 1 aromatic carbocycles. The minimum atomic E-state index is -0.372. The van der Waals surface area contributed by atoms with Gasteiger partial charge in [0.1, 0.15) is 0 Å². The minimum absolute atomic E-state index is 0.0220. The summed E-state index contributed by atoms with van der Waals surface area (Å²) in [5.74, 6) is 0.0220. The van der Waals surface area contributed by atoms with Gasteiger partial charge in [-0.15, -0.1) is 0 Å². The van der Waals surface area contributed by atoms with Crippen LogP contribution in [0.3, 0.4) is 0 Å². The SMILES string of the molecule is Cc1ccc(Br)c(NC(=O)C(C)(C)C)c1. The molecule has 0 aliphatic heterocycles. The van der Waals surface area contributed by atoms with Gasteiger partial charge in [-0.1, -0.05) is 26.8 Å². The maximum Gasteiger partial charge on any atom is 0.229 e. The normalized spacial score (nSPS) is 11.3. The average molecular weight is 270 g/mol. The smallest absolute Gasteiger partial charge is 0.229 e. The van der Waals surface area contributed by atoms with E-state index >= 15 is 0 Å². The van der Waals surface area contributed by atoms with Crippen LogP contribution in [0.5, 0.6) is 0 Å². The van der Waals surface area contributed by atoms with Gasteiger partial charge < -0.3 is 5.32 Å². The van der Waals surface area contributed by atoms with E-state index in [0.717, 1.165) is 15.7 Å². The molecule has 0 atom stereocenters. The summed E-state index contributed by atoms with van der Waals surface area (Å²) in [5.41, 5.74) is 1.58. The van der Waals surface area contributed by atoms with Crippen LogP contribution >= 0.6 is 15.9 Å². The summed E-state index contributed by atoms with van der Waals surface area (Å²) >= 11 is 3.41. The first-order chi connectivity index (χ1) is 6.80. The van der Waals surface area contributed by atoms with Crippen LogP contribution in [0.15, 0.2) is 22.7 Å².